The molecule has 0 spiro atoms. The molecule has 0 unspecified atom stereocenters. The predicted octanol–water partition coefficient (Wildman–Crippen LogP) is 1.05. The lowest BCUT2D eigenvalue weighted by Crippen LogP contribution is -1.98. The first-order valence-corrected chi connectivity index (χ1v) is 3.35. The van der Waals surface area contributed by atoms with Gasteiger partial charge in [0.2, 0.25) is 0 Å². The van der Waals surface area contributed by atoms with Crippen LogP contribution in [0.3, 0.4) is 0 Å². The topological polar surface area (TPSA) is 74.6 Å². The van der Waals surface area contributed by atoms with Gasteiger partial charge >= 0.3 is 11.9 Å². The largest absolute Gasteiger partial charge is 0.481 e. The van der Waals surface area contributed by atoms with Crippen LogP contribution in [0.25, 0.3) is 0 Å². The fourth-order valence-corrected chi connectivity index (χ4v) is 0.609. The summed E-state index contributed by atoms with van der Waals surface area (Å²) >= 11 is 0. The molecule has 0 amide bonds. The quantitative estimate of drug-likeness (QED) is 0.477. The fraction of sp³-hybridized carbons (Fsp3) is 0.250. The zero-order valence-electron chi connectivity index (χ0n) is 6.49. The van der Waals surface area contributed by atoms with Crippen molar-refractivity contribution in [3.05, 3.63) is 24.3 Å². The summed E-state index contributed by atoms with van der Waals surface area (Å²) in [7, 11) is 0. The number of carboxylic acids is 2. The zero-order valence-corrected chi connectivity index (χ0v) is 6.49. The molecule has 0 bridgehead atoms. The van der Waals surface area contributed by atoms with Crippen molar-refractivity contribution >= 4 is 11.9 Å². The van der Waals surface area contributed by atoms with Gasteiger partial charge in [-0.05, 0) is 6.42 Å². The van der Waals surface area contributed by atoms with E-state index >= 15 is 0 Å². The molecule has 0 rings (SSSR count). The van der Waals surface area contributed by atoms with Gasteiger partial charge in [-0.1, -0.05) is 18.7 Å². The molecule has 12 heavy (non-hydrogen) atoms. The van der Waals surface area contributed by atoms with Crippen molar-refractivity contribution < 1.29 is 19.8 Å². The third-order valence-electron chi connectivity index (χ3n) is 1.19. The second-order valence-corrected chi connectivity index (χ2v) is 2.10. The average Bonchev–Trinajstić information content (AvgIpc) is 1.96. The van der Waals surface area contributed by atoms with E-state index in [0.717, 1.165) is 0 Å². The molecule has 0 aromatic rings. The van der Waals surface area contributed by atoms with Crippen LogP contribution in [0.15, 0.2) is 24.3 Å². The molecule has 0 aliphatic carbocycles. The predicted molar refractivity (Wildman–Crippen MR) is 42.8 cm³/mol. The van der Waals surface area contributed by atoms with E-state index in [9.17, 15) is 9.59 Å². The van der Waals surface area contributed by atoms with Gasteiger partial charge in [0.15, 0.2) is 0 Å². The van der Waals surface area contributed by atoms with E-state index in [1.165, 1.54) is 12.2 Å². The molecule has 0 fully saturated rings. The Kier molecular flexibility index (Phi) is 4.45. The maximum absolute atomic E-state index is 10.3. The Balaban J connectivity index is 4.04. The highest BCUT2D eigenvalue weighted by molar-refractivity contribution is 5.89. The Morgan fingerprint density at radius 1 is 1.33 bits per heavy atom. The third kappa shape index (κ3) is 4.27. The molecular weight excluding hydrogens is 160 g/mol. The molecule has 0 aliphatic rings. The molecule has 4 nitrogen and oxygen atoms in total. The molecule has 2 N–H and O–H groups in total. The highest BCUT2D eigenvalue weighted by Gasteiger charge is 2.01. The van der Waals surface area contributed by atoms with Crippen LogP contribution in [0, 0.1) is 0 Å². The van der Waals surface area contributed by atoms with Crippen LogP contribution >= 0.6 is 0 Å². The molecule has 0 radical (unpaired) electrons. The van der Waals surface area contributed by atoms with Crippen LogP contribution in [-0.4, -0.2) is 22.2 Å². The van der Waals surface area contributed by atoms with E-state index in [-0.39, 0.29) is 18.4 Å². The Labute approximate surface area is 69.8 Å². The van der Waals surface area contributed by atoms with Gasteiger partial charge in [0, 0.05) is 6.42 Å². The number of aliphatic carboxylic acids is 2. The van der Waals surface area contributed by atoms with Gasteiger partial charge in [-0.25, -0.2) is 4.79 Å². The van der Waals surface area contributed by atoms with Crippen LogP contribution in [0.2, 0.25) is 0 Å². The van der Waals surface area contributed by atoms with Crippen LogP contribution in [0.4, 0.5) is 0 Å². The van der Waals surface area contributed by atoms with Crippen LogP contribution < -0.4 is 0 Å². The van der Waals surface area contributed by atoms with E-state index in [1.807, 2.05) is 0 Å². The minimum absolute atomic E-state index is 0.0382. The number of carboxylic acid groups (broad SMARTS) is 2. The third-order valence-corrected chi connectivity index (χ3v) is 1.19. The normalized spacial score (nSPS) is 10.8. The number of rotatable bonds is 5. The van der Waals surface area contributed by atoms with Gasteiger partial charge in [-0.15, -0.1) is 0 Å². The summed E-state index contributed by atoms with van der Waals surface area (Å²) in [5.41, 5.74) is 0.0382. The van der Waals surface area contributed by atoms with E-state index in [4.69, 9.17) is 10.2 Å². The summed E-state index contributed by atoms with van der Waals surface area (Å²) in [5, 5.41) is 16.7. The highest BCUT2D eigenvalue weighted by atomic mass is 16.4. The van der Waals surface area contributed by atoms with Crippen molar-refractivity contribution in [2.24, 2.45) is 0 Å². The minimum atomic E-state index is -1.09. The maximum Gasteiger partial charge on any atom is 0.335 e. The van der Waals surface area contributed by atoms with Crippen LogP contribution in [0.1, 0.15) is 12.8 Å². The Hall–Kier alpha value is -1.58. The highest BCUT2D eigenvalue weighted by Crippen LogP contribution is 2.00. The van der Waals surface area contributed by atoms with Crippen molar-refractivity contribution in [1.29, 1.82) is 0 Å². The molecule has 66 valence electrons. The number of hydrogen-bond acceptors (Lipinski definition) is 2. The standard InChI is InChI=1S/C8H10O4/c1-2-6(8(11)12)4-3-5-7(9)10/h2,4H,1,3,5H2,(H,9,10)(H,11,12). The fourth-order valence-electron chi connectivity index (χ4n) is 0.609. The van der Waals surface area contributed by atoms with Crippen LogP contribution in [0.5, 0.6) is 0 Å². The van der Waals surface area contributed by atoms with E-state index in [2.05, 4.69) is 6.58 Å². The SMILES string of the molecule is C=CC(=CCCC(=O)O)C(=O)O. The second kappa shape index (κ2) is 5.12. The summed E-state index contributed by atoms with van der Waals surface area (Å²) in [4.78, 5) is 20.4. The van der Waals surface area contributed by atoms with Gasteiger partial charge in [-0.2, -0.15) is 0 Å². The first-order valence-electron chi connectivity index (χ1n) is 3.35. The smallest absolute Gasteiger partial charge is 0.335 e. The Morgan fingerprint density at radius 2 is 1.92 bits per heavy atom. The Bertz CT molecular complexity index is 227. The average molecular weight is 170 g/mol. The first-order chi connectivity index (χ1) is 5.57. The Morgan fingerprint density at radius 3 is 2.25 bits per heavy atom. The first kappa shape index (κ1) is 10.4. The minimum Gasteiger partial charge on any atom is -0.481 e. The van der Waals surface area contributed by atoms with Gasteiger partial charge in [0.1, 0.15) is 0 Å². The summed E-state index contributed by atoms with van der Waals surface area (Å²) < 4.78 is 0. The molecule has 0 aromatic carbocycles. The second-order valence-electron chi connectivity index (χ2n) is 2.10. The molecule has 0 atom stereocenters. The van der Waals surface area contributed by atoms with E-state index in [0.29, 0.717) is 0 Å². The molecule has 0 saturated heterocycles. The molecule has 0 aromatic heterocycles. The van der Waals surface area contributed by atoms with Crippen molar-refractivity contribution in [2.75, 3.05) is 0 Å². The lowest BCUT2D eigenvalue weighted by Gasteiger charge is -1.92. The number of carbonyl (C=O) groups is 2. The van der Waals surface area contributed by atoms with Crippen molar-refractivity contribution in [2.45, 2.75) is 12.8 Å². The molecule has 0 heterocycles. The van der Waals surface area contributed by atoms with Gasteiger partial charge in [-0.3, -0.25) is 4.79 Å². The monoisotopic (exact) mass is 170 g/mol. The molecular formula is C8H10O4. The van der Waals surface area contributed by atoms with Crippen molar-refractivity contribution in [1.82, 2.24) is 0 Å². The van der Waals surface area contributed by atoms with Gasteiger partial charge < -0.3 is 10.2 Å². The summed E-state index contributed by atoms with van der Waals surface area (Å²) in [6.07, 6.45) is 2.67. The summed E-state index contributed by atoms with van der Waals surface area (Å²) in [6.45, 7) is 3.28. The summed E-state index contributed by atoms with van der Waals surface area (Å²) in [6, 6.07) is 0. The number of hydrogen-bond donors (Lipinski definition) is 2. The molecule has 0 aliphatic heterocycles. The zero-order chi connectivity index (χ0) is 9.56. The van der Waals surface area contributed by atoms with Crippen LogP contribution in [-0.2, 0) is 9.59 Å². The van der Waals surface area contributed by atoms with Gasteiger partial charge in [0.05, 0.1) is 5.57 Å². The van der Waals surface area contributed by atoms with Crippen molar-refractivity contribution in [3.63, 3.8) is 0 Å². The lowest BCUT2D eigenvalue weighted by atomic mass is 10.2. The van der Waals surface area contributed by atoms with Gasteiger partial charge in [0.25, 0.3) is 0 Å². The molecule has 4 heteroatoms. The summed E-state index contributed by atoms with van der Waals surface area (Å²) in [5.74, 6) is -2.03. The van der Waals surface area contributed by atoms with Crippen molar-refractivity contribution in [3.8, 4) is 0 Å². The van der Waals surface area contributed by atoms with E-state index < -0.39 is 11.9 Å². The maximum atomic E-state index is 10.3. The van der Waals surface area contributed by atoms with E-state index in [1.54, 1.807) is 0 Å². The molecule has 0 saturated carbocycles. The lowest BCUT2D eigenvalue weighted by molar-refractivity contribution is -0.137. The number of allylic oxidation sites excluding steroid dienone is 1.